The van der Waals surface area contributed by atoms with Crippen LogP contribution < -0.4 is 10.6 Å². The number of rotatable bonds is 1. The topological polar surface area (TPSA) is 44.4 Å². The Bertz CT molecular complexity index is 288. The van der Waals surface area contributed by atoms with Crippen molar-refractivity contribution < 1.29 is 4.79 Å². The third kappa shape index (κ3) is 2.28. The maximum atomic E-state index is 12.2. The summed E-state index contributed by atoms with van der Waals surface area (Å²) in [5, 5.41) is 6.62. The van der Waals surface area contributed by atoms with E-state index in [9.17, 15) is 4.79 Å². The van der Waals surface area contributed by atoms with E-state index in [1.165, 1.54) is 38.5 Å². The Balaban J connectivity index is 1.55. The van der Waals surface area contributed by atoms with Crippen LogP contribution >= 0.6 is 0 Å². The maximum absolute atomic E-state index is 12.2. The molecule has 17 heavy (non-hydrogen) atoms. The van der Waals surface area contributed by atoms with Gasteiger partial charge in [-0.2, -0.15) is 0 Å². The van der Waals surface area contributed by atoms with Crippen LogP contribution in [0, 0.1) is 5.92 Å². The molecule has 1 saturated carbocycles. The number of urea groups is 1. The van der Waals surface area contributed by atoms with Crippen LogP contribution in [0.4, 0.5) is 4.79 Å². The van der Waals surface area contributed by atoms with Crippen molar-refractivity contribution in [1.29, 1.82) is 0 Å². The quantitative estimate of drug-likeness (QED) is 0.722. The van der Waals surface area contributed by atoms with Crippen LogP contribution in [0.3, 0.4) is 0 Å². The van der Waals surface area contributed by atoms with Crippen molar-refractivity contribution in [3.05, 3.63) is 0 Å². The lowest BCUT2D eigenvalue weighted by Crippen LogP contribution is -2.48. The molecule has 0 aromatic heterocycles. The largest absolute Gasteiger partial charge is 0.335 e. The highest BCUT2D eigenvalue weighted by Crippen LogP contribution is 2.27. The van der Waals surface area contributed by atoms with Crippen LogP contribution in [-0.2, 0) is 0 Å². The second-order valence-corrected chi connectivity index (χ2v) is 5.75. The fourth-order valence-corrected chi connectivity index (χ4v) is 3.61. The van der Waals surface area contributed by atoms with E-state index in [0.29, 0.717) is 18.0 Å². The predicted molar refractivity (Wildman–Crippen MR) is 66.9 cm³/mol. The molecule has 96 valence electrons. The number of hydrogen-bond acceptors (Lipinski definition) is 2. The van der Waals surface area contributed by atoms with Crippen molar-refractivity contribution in [3.63, 3.8) is 0 Å². The molecule has 2 heterocycles. The summed E-state index contributed by atoms with van der Waals surface area (Å²) in [6.07, 6.45) is 7.41. The monoisotopic (exact) mass is 237 g/mol. The van der Waals surface area contributed by atoms with Crippen LogP contribution in [0.2, 0.25) is 0 Å². The molecule has 3 rings (SSSR count). The summed E-state index contributed by atoms with van der Waals surface area (Å²) in [5.41, 5.74) is 0. The van der Waals surface area contributed by atoms with Gasteiger partial charge in [0.2, 0.25) is 0 Å². The van der Waals surface area contributed by atoms with E-state index in [1.54, 1.807) is 0 Å². The van der Waals surface area contributed by atoms with Crippen molar-refractivity contribution >= 4 is 6.03 Å². The van der Waals surface area contributed by atoms with Crippen LogP contribution in [0.1, 0.15) is 38.5 Å². The highest BCUT2D eigenvalue weighted by atomic mass is 16.2. The smallest absolute Gasteiger partial charge is 0.317 e. The first-order valence-electron chi connectivity index (χ1n) is 7.12. The Labute approximate surface area is 103 Å². The molecule has 0 aromatic carbocycles. The number of amides is 2. The Morgan fingerprint density at radius 2 is 1.94 bits per heavy atom. The molecule has 0 spiro atoms. The number of nitrogens with zero attached hydrogens (tertiary/aromatic N) is 1. The molecule has 4 heteroatoms. The zero-order valence-corrected chi connectivity index (χ0v) is 10.5. The second kappa shape index (κ2) is 4.84. The molecule has 1 aliphatic carbocycles. The lowest BCUT2D eigenvalue weighted by Gasteiger charge is -2.28. The van der Waals surface area contributed by atoms with E-state index in [1.807, 2.05) is 0 Å². The first kappa shape index (κ1) is 11.3. The molecule has 4 nitrogen and oxygen atoms in total. The van der Waals surface area contributed by atoms with Gasteiger partial charge in [-0.25, -0.2) is 4.79 Å². The summed E-state index contributed by atoms with van der Waals surface area (Å²) >= 11 is 0. The molecule has 3 fully saturated rings. The molecule has 0 radical (unpaired) electrons. The summed E-state index contributed by atoms with van der Waals surface area (Å²) in [7, 11) is 0. The molecule has 0 unspecified atom stereocenters. The van der Waals surface area contributed by atoms with E-state index in [4.69, 9.17) is 0 Å². The van der Waals surface area contributed by atoms with Crippen molar-refractivity contribution in [3.8, 4) is 0 Å². The summed E-state index contributed by atoms with van der Waals surface area (Å²) in [5.74, 6) is 0.701. The van der Waals surface area contributed by atoms with Gasteiger partial charge in [0, 0.05) is 31.7 Å². The standard InChI is InChI=1S/C13H23N3O/c17-13(15-11-4-2-1-3-5-11)16-7-6-10-8-14-9-12(10)16/h10-12,14H,1-9H2,(H,15,17)/t10-,12+/m1/s1. The number of hydrogen-bond donors (Lipinski definition) is 2. The van der Waals surface area contributed by atoms with Gasteiger partial charge in [-0.1, -0.05) is 19.3 Å². The molecule has 2 amide bonds. The third-order valence-corrected chi connectivity index (χ3v) is 4.64. The van der Waals surface area contributed by atoms with Gasteiger partial charge in [0.1, 0.15) is 0 Å². The minimum Gasteiger partial charge on any atom is -0.335 e. The Morgan fingerprint density at radius 1 is 1.12 bits per heavy atom. The zero-order chi connectivity index (χ0) is 11.7. The molecule has 2 N–H and O–H groups in total. The maximum Gasteiger partial charge on any atom is 0.317 e. The number of nitrogens with one attached hydrogen (secondary N) is 2. The SMILES string of the molecule is O=C(NC1CCCCC1)N1CC[C@@H]2CNC[C@@H]21. The molecule has 0 aromatic rings. The van der Waals surface area contributed by atoms with Crippen LogP contribution in [0.25, 0.3) is 0 Å². The van der Waals surface area contributed by atoms with Gasteiger partial charge in [-0.05, 0) is 25.2 Å². The molecular formula is C13H23N3O. The van der Waals surface area contributed by atoms with Crippen molar-refractivity contribution in [2.24, 2.45) is 5.92 Å². The van der Waals surface area contributed by atoms with Crippen LogP contribution in [-0.4, -0.2) is 42.6 Å². The van der Waals surface area contributed by atoms with E-state index in [2.05, 4.69) is 15.5 Å². The van der Waals surface area contributed by atoms with E-state index < -0.39 is 0 Å². The summed E-state index contributed by atoms with van der Waals surface area (Å²) in [4.78, 5) is 14.3. The van der Waals surface area contributed by atoms with Crippen molar-refractivity contribution in [2.45, 2.75) is 50.6 Å². The Kier molecular flexibility index (Phi) is 3.23. The first-order chi connectivity index (χ1) is 8.34. The molecule has 3 aliphatic rings. The minimum atomic E-state index is 0.188. The highest BCUT2D eigenvalue weighted by molar-refractivity contribution is 5.75. The van der Waals surface area contributed by atoms with Crippen molar-refractivity contribution in [2.75, 3.05) is 19.6 Å². The van der Waals surface area contributed by atoms with Gasteiger partial charge in [0.05, 0.1) is 0 Å². The van der Waals surface area contributed by atoms with E-state index in [0.717, 1.165) is 19.6 Å². The van der Waals surface area contributed by atoms with Gasteiger partial charge < -0.3 is 15.5 Å². The molecular weight excluding hydrogens is 214 g/mol. The van der Waals surface area contributed by atoms with Gasteiger partial charge in [0.25, 0.3) is 0 Å². The van der Waals surface area contributed by atoms with E-state index >= 15 is 0 Å². The number of likely N-dealkylation sites (tertiary alicyclic amines) is 1. The highest BCUT2D eigenvalue weighted by Gasteiger charge is 2.40. The Hall–Kier alpha value is -0.770. The molecule has 2 atom stereocenters. The van der Waals surface area contributed by atoms with Gasteiger partial charge >= 0.3 is 6.03 Å². The van der Waals surface area contributed by atoms with Gasteiger partial charge in [-0.15, -0.1) is 0 Å². The van der Waals surface area contributed by atoms with Gasteiger partial charge in [-0.3, -0.25) is 0 Å². The average molecular weight is 237 g/mol. The number of carbonyl (C=O) groups is 1. The number of carbonyl (C=O) groups excluding carboxylic acids is 1. The normalized spacial score (nSPS) is 33.8. The zero-order valence-electron chi connectivity index (χ0n) is 10.5. The summed E-state index contributed by atoms with van der Waals surface area (Å²) in [6.45, 7) is 3.04. The van der Waals surface area contributed by atoms with Crippen LogP contribution in [0.5, 0.6) is 0 Å². The lowest BCUT2D eigenvalue weighted by atomic mass is 9.96. The van der Waals surface area contributed by atoms with E-state index in [-0.39, 0.29) is 6.03 Å². The van der Waals surface area contributed by atoms with Gasteiger partial charge in [0.15, 0.2) is 0 Å². The molecule has 2 aliphatic heterocycles. The summed E-state index contributed by atoms with van der Waals surface area (Å²) in [6, 6.07) is 1.08. The first-order valence-corrected chi connectivity index (χ1v) is 7.12. The minimum absolute atomic E-state index is 0.188. The Morgan fingerprint density at radius 3 is 2.76 bits per heavy atom. The molecule has 0 bridgehead atoms. The lowest BCUT2D eigenvalue weighted by molar-refractivity contribution is 0.185. The fraction of sp³-hybridized carbons (Fsp3) is 0.923. The fourth-order valence-electron chi connectivity index (χ4n) is 3.61. The predicted octanol–water partition coefficient (Wildman–Crippen LogP) is 1.32. The van der Waals surface area contributed by atoms with Crippen molar-refractivity contribution in [1.82, 2.24) is 15.5 Å². The average Bonchev–Trinajstić information content (AvgIpc) is 2.91. The number of fused-ring (bicyclic) bond motifs is 1. The summed E-state index contributed by atoms with van der Waals surface area (Å²) < 4.78 is 0. The molecule has 2 saturated heterocycles. The third-order valence-electron chi connectivity index (χ3n) is 4.64. The second-order valence-electron chi connectivity index (χ2n) is 5.75. The van der Waals surface area contributed by atoms with Crippen LogP contribution in [0.15, 0.2) is 0 Å².